The average molecular weight is 494 g/mol. The van der Waals surface area contributed by atoms with Gasteiger partial charge in [-0.25, -0.2) is 0 Å². The zero-order chi connectivity index (χ0) is 26.0. The molecule has 10 atom stereocenters. The zero-order valence-corrected chi connectivity index (χ0v) is 23.5. The van der Waals surface area contributed by atoms with E-state index in [1.807, 2.05) is 0 Å². The Morgan fingerprint density at radius 1 is 0.943 bits per heavy atom. The van der Waals surface area contributed by atoms with Crippen molar-refractivity contribution in [2.45, 2.75) is 118 Å². The van der Waals surface area contributed by atoms with Crippen LogP contribution in [0, 0.1) is 46.3 Å². The van der Waals surface area contributed by atoms with Crippen LogP contribution in [0.4, 0.5) is 0 Å². The highest BCUT2D eigenvalue weighted by Crippen LogP contribution is 2.68. The Morgan fingerprint density at radius 2 is 1.60 bits per heavy atom. The molecule has 3 unspecified atom stereocenters. The molecule has 5 heteroatoms. The van der Waals surface area contributed by atoms with E-state index in [9.17, 15) is 15.0 Å². The van der Waals surface area contributed by atoms with E-state index in [0.29, 0.717) is 35.5 Å². The van der Waals surface area contributed by atoms with Crippen molar-refractivity contribution in [3.05, 3.63) is 0 Å². The summed E-state index contributed by atoms with van der Waals surface area (Å²) in [6.45, 7) is 17.1. The number of hydrogen-bond acceptors (Lipinski definition) is 4. The van der Waals surface area contributed by atoms with Gasteiger partial charge in [-0.05, 0) is 124 Å². The van der Waals surface area contributed by atoms with Crippen LogP contribution in [-0.4, -0.2) is 58.0 Å². The number of hydrogen-bond donors (Lipinski definition) is 3. The third kappa shape index (κ3) is 5.62. The first-order chi connectivity index (χ1) is 16.5. The monoisotopic (exact) mass is 493 g/mol. The minimum absolute atomic E-state index is 0.0591. The molecule has 35 heavy (non-hydrogen) atoms. The molecule has 0 aliphatic heterocycles. The number of carboxylic acid groups (broad SMARTS) is 1. The highest BCUT2D eigenvalue weighted by molar-refractivity contribution is 5.66. The van der Waals surface area contributed by atoms with Crippen molar-refractivity contribution >= 4 is 5.97 Å². The van der Waals surface area contributed by atoms with Gasteiger partial charge in [0.05, 0.1) is 12.2 Å². The van der Waals surface area contributed by atoms with Gasteiger partial charge in [-0.1, -0.05) is 41.5 Å². The van der Waals surface area contributed by atoms with Crippen LogP contribution >= 0.6 is 0 Å². The third-order valence-corrected chi connectivity index (χ3v) is 11.7. The summed E-state index contributed by atoms with van der Waals surface area (Å²) in [5, 5.41) is 30.8. The molecule has 0 aromatic carbocycles. The lowest BCUT2D eigenvalue weighted by atomic mass is 9.43. The van der Waals surface area contributed by atoms with E-state index >= 15 is 0 Å². The molecule has 4 aliphatic rings. The Hall–Kier alpha value is -0.650. The normalized spacial score (nSPS) is 43.4. The summed E-state index contributed by atoms with van der Waals surface area (Å²) in [7, 11) is 0. The molecule has 4 rings (SSSR count). The van der Waals surface area contributed by atoms with Gasteiger partial charge in [-0.3, -0.25) is 4.79 Å². The first-order valence-electron chi connectivity index (χ1n) is 14.8. The van der Waals surface area contributed by atoms with Crippen LogP contribution in [0.3, 0.4) is 0 Å². The predicted molar refractivity (Wildman–Crippen MR) is 142 cm³/mol. The van der Waals surface area contributed by atoms with Crippen molar-refractivity contribution in [2.75, 3.05) is 19.6 Å². The Kier molecular flexibility index (Phi) is 9.76. The summed E-state index contributed by atoms with van der Waals surface area (Å²) in [6, 6.07) is 0. The Bertz CT molecular complexity index is 690. The zero-order valence-electron chi connectivity index (χ0n) is 23.5. The lowest BCUT2D eigenvalue weighted by Gasteiger charge is -2.62. The standard InChI is InChI=1S/C24H40O4.C6H15N/c1-14(4-9-22(27)28)18-7-8-19-17-6-5-15-12-16(25)10-11-23(15,2)20(17)13-21(26)24(18,19)3;1-4-7(5-2)6-3/h14-21,25-26H,4-13H2,1-3H3,(H,27,28);4-6H2,1-3H3/t14-,15-,16-,17?,18-,19?,20?,21+,23+,24-;/m1./s1. The number of rotatable bonds is 7. The van der Waals surface area contributed by atoms with Gasteiger partial charge in [0.25, 0.3) is 0 Å². The van der Waals surface area contributed by atoms with Gasteiger partial charge in [-0.2, -0.15) is 0 Å². The molecule has 0 heterocycles. The van der Waals surface area contributed by atoms with E-state index in [4.69, 9.17) is 5.11 Å². The SMILES string of the molecule is CCN(CC)CC.C[C@H](CCC(=O)O)[C@H]1CCC2C3CC[C@@H]4C[C@H](O)CC[C@]4(C)C3C[C@H](O)[C@@]21C. The van der Waals surface area contributed by atoms with Crippen molar-refractivity contribution in [3.8, 4) is 0 Å². The summed E-state index contributed by atoms with van der Waals surface area (Å²) in [5.74, 6) is 2.55. The molecule has 0 aromatic rings. The largest absolute Gasteiger partial charge is 0.481 e. The molecule has 0 radical (unpaired) electrons. The van der Waals surface area contributed by atoms with Gasteiger partial charge in [0.15, 0.2) is 0 Å². The van der Waals surface area contributed by atoms with Crippen molar-refractivity contribution < 1.29 is 20.1 Å². The maximum Gasteiger partial charge on any atom is 0.303 e. The van der Waals surface area contributed by atoms with Crippen molar-refractivity contribution in [3.63, 3.8) is 0 Å². The average Bonchev–Trinajstić information content (AvgIpc) is 3.19. The van der Waals surface area contributed by atoms with E-state index in [0.717, 1.165) is 38.5 Å². The predicted octanol–water partition coefficient (Wildman–Crippen LogP) is 5.83. The molecule has 4 saturated carbocycles. The maximum atomic E-state index is 11.5. The minimum Gasteiger partial charge on any atom is -0.481 e. The van der Waals surface area contributed by atoms with Crippen LogP contribution in [0.25, 0.3) is 0 Å². The molecule has 0 spiro atoms. The molecule has 4 fully saturated rings. The number of aliphatic hydroxyl groups excluding tert-OH is 2. The van der Waals surface area contributed by atoms with Crippen LogP contribution < -0.4 is 0 Å². The van der Waals surface area contributed by atoms with Crippen LogP contribution in [-0.2, 0) is 4.79 Å². The van der Waals surface area contributed by atoms with Crippen LogP contribution in [0.1, 0.15) is 106 Å². The second-order valence-electron chi connectivity index (χ2n) is 12.9. The van der Waals surface area contributed by atoms with Crippen LogP contribution in [0.5, 0.6) is 0 Å². The summed E-state index contributed by atoms with van der Waals surface area (Å²) >= 11 is 0. The minimum atomic E-state index is -0.707. The van der Waals surface area contributed by atoms with E-state index in [-0.39, 0.29) is 29.5 Å². The quantitative estimate of drug-likeness (QED) is 0.416. The van der Waals surface area contributed by atoms with Crippen molar-refractivity contribution in [2.24, 2.45) is 46.3 Å². The smallest absolute Gasteiger partial charge is 0.303 e. The number of fused-ring (bicyclic) bond motifs is 5. The van der Waals surface area contributed by atoms with Gasteiger partial charge in [0.1, 0.15) is 0 Å². The van der Waals surface area contributed by atoms with Gasteiger partial charge >= 0.3 is 5.97 Å². The molecular weight excluding hydrogens is 438 g/mol. The number of aliphatic hydroxyl groups is 2. The van der Waals surface area contributed by atoms with Gasteiger partial charge in [-0.15, -0.1) is 0 Å². The molecular formula is C30H55NO4. The summed E-state index contributed by atoms with van der Waals surface area (Å²) in [6.07, 6.45) is 9.26. The van der Waals surface area contributed by atoms with Gasteiger partial charge in [0, 0.05) is 6.42 Å². The molecule has 204 valence electrons. The van der Waals surface area contributed by atoms with E-state index in [1.165, 1.54) is 38.9 Å². The molecule has 0 saturated heterocycles. The molecule has 5 nitrogen and oxygen atoms in total. The van der Waals surface area contributed by atoms with Crippen molar-refractivity contribution in [1.82, 2.24) is 4.90 Å². The highest BCUT2D eigenvalue weighted by Gasteiger charge is 2.63. The fourth-order valence-corrected chi connectivity index (χ4v) is 9.38. The highest BCUT2D eigenvalue weighted by atomic mass is 16.4. The van der Waals surface area contributed by atoms with Gasteiger partial charge in [0.2, 0.25) is 0 Å². The van der Waals surface area contributed by atoms with E-state index < -0.39 is 5.97 Å². The summed E-state index contributed by atoms with van der Waals surface area (Å²) in [5.41, 5.74) is 0.216. The lowest BCUT2D eigenvalue weighted by Crippen LogP contribution is -2.58. The molecule has 3 N–H and O–H groups in total. The summed E-state index contributed by atoms with van der Waals surface area (Å²) < 4.78 is 0. The second kappa shape index (κ2) is 11.8. The lowest BCUT2D eigenvalue weighted by molar-refractivity contribution is -0.175. The number of carbonyl (C=O) groups is 1. The van der Waals surface area contributed by atoms with E-state index in [1.54, 1.807) is 0 Å². The molecule has 0 aromatic heterocycles. The summed E-state index contributed by atoms with van der Waals surface area (Å²) in [4.78, 5) is 13.4. The molecule has 0 bridgehead atoms. The molecule has 4 aliphatic carbocycles. The first kappa shape index (κ1) is 28.9. The van der Waals surface area contributed by atoms with Crippen LogP contribution in [0.15, 0.2) is 0 Å². The van der Waals surface area contributed by atoms with Gasteiger partial charge < -0.3 is 20.2 Å². The fourth-order valence-electron chi connectivity index (χ4n) is 9.38. The van der Waals surface area contributed by atoms with E-state index in [2.05, 4.69) is 46.4 Å². The number of carboxylic acids is 1. The van der Waals surface area contributed by atoms with Crippen molar-refractivity contribution in [1.29, 1.82) is 0 Å². The fraction of sp³-hybridized carbons (Fsp3) is 0.967. The Labute approximate surface area is 215 Å². The topological polar surface area (TPSA) is 81.0 Å². The first-order valence-corrected chi connectivity index (χ1v) is 14.8. The Balaban J connectivity index is 0.000000429. The van der Waals surface area contributed by atoms with Crippen LogP contribution in [0.2, 0.25) is 0 Å². The molecule has 0 amide bonds. The number of nitrogens with zero attached hydrogens (tertiary/aromatic N) is 1. The Morgan fingerprint density at radius 3 is 2.17 bits per heavy atom. The second-order valence-corrected chi connectivity index (χ2v) is 12.9. The third-order valence-electron chi connectivity index (χ3n) is 11.7. The maximum absolute atomic E-state index is 11.5. The number of aliphatic carboxylic acids is 1.